The van der Waals surface area contributed by atoms with Crippen molar-refractivity contribution in [1.29, 1.82) is 5.26 Å². The topological polar surface area (TPSA) is 65.4 Å². The average molecular weight is 287 g/mol. The Bertz CT molecular complexity index is 579. The van der Waals surface area contributed by atoms with E-state index < -0.39 is 0 Å². The zero-order chi connectivity index (χ0) is 15.5. The highest BCUT2D eigenvalue weighted by Crippen LogP contribution is 2.31. The molecule has 1 aromatic rings. The van der Waals surface area contributed by atoms with E-state index in [0.717, 1.165) is 31.6 Å². The van der Waals surface area contributed by atoms with E-state index in [1.165, 1.54) is 0 Å². The van der Waals surface area contributed by atoms with Crippen LogP contribution in [0.4, 0.5) is 0 Å². The molecule has 0 aromatic heterocycles. The Labute approximate surface area is 125 Å². The third-order valence-corrected chi connectivity index (χ3v) is 4.12. The van der Waals surface area contributed by atoms with E-state index >= 15 is 0 Å². The summed E-state index contributed by atoms with van der Waals surface area (Å²) in [7, 11) is 3.25. The van der Waals surface area contributed by atoms with Gasteiger partial charge in [0.15, 0.2) is 0 Å². The van der Waals surface area contributed by atoms with Crippen molar-refractivity contribution in [2.45, 2.75) is 19.9 Å². The monoisotopic (exact) mass is 287 g/mol. The Morgan fingerprint density at radius 2 is 2.33 bits per heavy atom. The summed E-state index contributed by atoms with van der Waals surface area (Å²) in [6, 6.07) is 7.73. The molecule has 1 aliphatic rings. The molecule has 1 unspecified atom stereocenters. The van der Waals surface area contributed by atoms with Gasteiger partial charge in [-0.3, -0.25) is 9.69 Å². The van der Waals surface area contributed by atoms with Crippen molar-refractivity contribution < 1.29 is 9.53 Å². The van der Waals surface area contributed by atoms with Gasteiger partial charge in [-0.1, -0.05) is 6.07 Å². The first-order chi connectivity index (χ1) is 10.0. The number of nitriles is 1. The molecule has 0 saturated carbocycles. The standard InChI is InChI=1S/C16H21N3O2/c1-16(15(20)18-2)6-7-19(11-16)10-12-4-5-13(9-17)14(8-12)21-3/h4-5,8H,6-7,10-11H2,1-3H3,(H,18,20). The number of ether oxygens (including phenoxy) is 1. The Morgan fingerprint density at radius 1 is 1.57 bits per heavy atom. The van der Waals surface area contributed by atoms with Gasteiger partial charge in [-0.25, -0.2) is 0 Å². The molecule has 5 nitrogen and oxygen atoms in total. The number of rotatable bonds is 4. The summed E-state index contributed by atoms with van der Waals surface area (Å²) in [5.74, 6) is 0.700. The number of amides is 1. The molecule has 1 heterocycles. The number of methoxy groups -OCH3 is 1. The normalized spacial score (nSPS) is 21.8. The number of likely N-dealkylation sites (tertiary alicyclic amines) is 1. The van der Waals surface area contributed by atoms with Crippen LogP contribution < -0.4 is 10.1 Å². The first-order valence-corrected chi connectivity index (χ1v) is 7.04. The molecule has 0 spiro atoms. The van der Waals surface area contributed by atoms with Crippen LogP contribution in [0.3, 0.4) is 0 Å². The van der Waals surface area contributed by atoms with Gasteiger partial charge in [-0.05, 0) is 37.6 Å². The summed E-state index contributed by atoms with van der Waals surface area (Å²) < 4.78 is 5.23. The van der Waals surface area contributed by atoms with E-state index in [-0.39, 0.29) is 11.3 Å². The van der Waals surface area contributed by atoms with Crippen LogP contribution in [0.15, 0.2) is 18.2 Å². The third kappa shape index (κ3) is 3.17. The van der Waals surface area contributed by atoms with Gasteiger partial charge >= 0.3 is 0 Å². The number of carbonyl (C=O) groups is 1. The lowest BCUT2D eigenvalue weighted by Gasteiger charge is -2.23. The Hall–Kier alpha value is -2.06. The van der Waals surface area contributed by atoms with Crippen molar-refractivity contribution >= 4 is 5.91 Å². The molecule has 1 aromatic carbocycles. The molecular weight excluding hydrogens is 266 g/mol. The second kappa shape index (κ2) is 6.15. The zero-order valence-electron chi connectivity index (χ0n) is 12.8. The van der Waals surface area contributed by atoms with Gasteiger partial charge in [0.2, 0.25) is 5.91 Å². The smallest absolute Gasteiger partial charge is 0.227 e. The summed E-state index contributed by atoms with van der Waals surface area (Å²) in [4.78, 5) is 14.2. The minimum atomic E-state index is -0.314. The third-order valence-electron chi connectivity index (χ3n) is 4.12. The quantitative estimate of drug-likeness (QED) is 0.912. The fraction of sp³-hybridized carbons (Fsp3) is 0.500. The van der Waals surface area contributed by atoms with E-state index in [2.05, 4.69) is 16.3 Å². The van der Waals surface area contributed by atoms with E-state index in [4.69, 9.17) is 10.00 Å². The summed E-state index contributed by atoms with van der Waals surface area (Å²) in [6.45, 7) is 4.40. The fourth-order valence-corrected chi connectivity index (χ4v) is 2.86. The number of nitrogens with one attached hydrogen (secondary N) is 1. The van der Waals surface area contributed by atoms with E-state index in [1.54, 1.807) is 20.2 Å². The number of benzene rings is 1. The van der Waals surface area contributed by atoms with Gasteiger partial charge in [0.1, 0.15) is 11.8 Å². The van der Waals surface area contributed by atoms with Crippen LogP contribution in [-0.4, -0.2) is 38.1 Å². The zero-order valence-corrected chi connectivity index (χ0v) is 12.8. The highest BCUT2D eigenvalue weighted by Gasteiger charge is 2.39. The predicted octanol–water partition coefficient (Wildman–Crippen LogP) is 1.52. The second-order valence-electron chi connectivity index (χ2n) is 5.75. The first-order valence-electron chi connectivity index (χ1n) is 7.04. The Kier molecular flexibility index (Phi) is 4.49. The molecule has 1 N–H and O–H groups in total. The number of nitrogens with zero attached hydrogens (tertiary/aromatic N) is 2. The van der Waals surface area contributed by atoms with E-state index in [9.17, 15) is 4.79 Å². The molecular formula is C16H21N3O2. The highest BCUT2D eigenvalue weighted by molar-refractivity contribution is 5.82. The van der Waals surface area contributed by atoms with Crippen molar-refractivity contribution in [2.75, 3.05) is 27.2 Å². The summed E-state index contributed by atoms with van der Waals surface area (Å²) >= 11 is 0. The minimum absolute atomic E-state index is 0.0995. The van der Waals surface area contributed by atoms with Crippen molar-refractivity contribution in [3.8, 4) is 11.8 Å². The van der Waals surface area contributed by atoms with Gasteiger partial charge in [0.05, 0.1) is 18.1 Å². The molecule has 1 aliphatic heterocycles. The summed E-state index contributed by atoms with van der Waals surface area (Å²) in [6.07, 6.45) is 0.861. The average Bonchev–Trinajstić information content (AvgIpc) is 2.88. The van der Waals surface area contributed by atoms with Gasteiger partial charge < -0.3 is 10.1 Å². The van der Waals surface area contributed by atoms with Crippen LogP contribution in [0.25, 0.3) is 0 Å². The molecule has 5 heteroatoms. The summed E-state index contributed by atoms with van der Waals surface area (Å²) in [5, 5.41) is 11.7. The van der Waals surface area contributed by atoms with Gasteiger partial charge in [-0.2, -0.15) is 5.26 Å². The van der Waals surface area contributed by atoms with Crippen LogP contribution in [0, 0.1) is 16.7 Å². The van der Waals surface area contributed by atoms with Crippen molar-refractivity contribution in [2.24, 2.45) is 5.41 Å². The van der Waals surface area contributed by atoms with Crippen molar-refractivity contribution in [3.63, 3.8) is 0 Å². The van der Waals surface area contributed by atoms with Crippen LogP contribution in [0.5, 0.6) is 5.75 Å². The lowest BCUT2D eigenvalue weighted by atomic mass is 9.89. The molecule has 21 heavy (non-hydrogen) atoms. The van der Waals surface area contributed by atoms with E-state index in [0.29, 0.717) is 11.3 Å². The first kappa shape index (κ1) is 15.3. The van der Waals surface area contributed by atoms with Crippen LogP contribution in [0.1, 0.15) is 24.5 Å². The number of carbonyl (C=O) groups excluding carboxylic acids is 1. The van der Waals surface area contributed by atoms with Crippen LogP contribution in [-0.2, 0) is 11.3 Å². The second-order valence-corrected chi connectivity index (χ2v) is 5.75. The fourth-order valence-electron chi connectivity index (χ4n) is 2.86. The molecule has 0 aliphatic carbocycles. The van der Waals surface area contributed by atoms with Gasteiger partial charge in [-0.15, -0.1) is 0 Å². The van der Waals surface area contributed by atoms with Gasteiger partial charge in [0.25, 0.3) is 0 Å². The predicted molar refractivity (Wildman–Crippen MR) is 79.8 cm³/mol. The lowest BCUT2D eigenvalue weighted by molar-refractivity contribution is -0.129. The van der Waals surface area contributed by atoms with Gasteiger partial charge in [0, 0.05) is 20.1 Å². The molecule has 1 saturated heterocycles. The van der Waals surface area contributed by atoms with Crippen LogP contribution in [0.2, 0.25) is 0 Å². The lowest BCUT2D eigenvalue weighted by Crippen LogP contribution is -2.39. The number of hydrogen-bond donors (Lipinski definition) is 1. The Balaban J connectivity index is 2.07. The maximum absolute atomic E-state index is 11.9. The maximum atomic E-state index is 11.9. The largest absolute Gasteiger partial charge is 0.495 e. The molecule has 0 bridgehead atoms. The molecule has 1 fully saturated rings. The SMILES string of the molecule is CNC(=O)C1(C)CCN(Cc2ccc(C#N)c(OC)c2)C1. The summed E-state index contributed by atoms with van der Waals surface area (Å²) in [5.41, 5.74) is 1.32. The highest BCUT2D eigenvalue weighted by atomic mass is 16.5. The number of hydrogen-bond acceptors (Lipinski definition) is 4. The van der Waals surface area contributed by atoms with Crippen molar-refractivity contribution in [3.05, 3.63) is 29.3 Å². The van der Waals surface area contributed by atoms with E-state index in [1.807, 2.05) is 19.1 Å². The van der Waals surface area contributed by atoms with Crippen LogP contribution >= 0.6 is 0 Å². The van der Waals surface area contributed by atoms with Crippen molar-refractivity contribution in [1.82, 2.24) is 10.2 Å². The molecule has 2 rings (SSSR count). The molecule has 0 radical (unpaired) electrons. The Morgan fingerprint density at radius 3 is 2.95 bits per heavy atom. The molecule has 1 atom stereocenters. The molecule has 112 valence electrons. The minimum Gasteiger partial charge on any atom is -0.495 e. The molecule has 1 amide bonds. The maximum Gasteiger partial charge on any atom is 0.227 e.